The Labute approximate surface area is 169 Å². The molecule has 8 heteroatoms. The lowest BCUT2D eigenvalue weighted by molar-refractivity contribution is 0.0774. The van der Waals surface area contributed by atoms with Gasteiger partial charge < -0.3 is 9.32 Å². The van der Waals surface area contributed by atoms with Crippen molar-refractivity contribution in [3.8, 4) is 0 Å². The fourth-order valence-electron chi connectivity index (χ4n) is 2.83. The van der Waals surface area contributed by atoms with Crippen LogP contribution in [-0.2, 0) is 16.6 Å². The number of hydrogen-bond acceptors (Lipinski definition) is 4. The van der Waals surface area contributed by atoms with E-state index in [2.05, 4.69) is 4.72 Å². The molecule has 1 aromatic heterocycles. The molecule has 0 aliphatic rings. The van der Waals surface area contributed by atoms with Gasteiger partial charge in [-0.3, -0.25) is 9.52 Å². The standard InChI is InChI=1S/C21H21FN2O4S/c1-14-8-11-17(29(26,27)23-20-7-5-4-6-19(20)22)12-18(14)21(25)24(3)13-16-10-9-15(2)28-16/h4-12,23H,13H2,1-3H3. The van der Waals surface area contributed by atoms with Crippen molar-refractivity contribution in [2.24, 2.45) is 0 Å². The number of benzene rings is 2. The van der Waals surface area contributed by atoms with Crippen molar-refractivity contribution in [3.05, 3.63) is 83.1 Å². The zero-order chi connectivity index (χ0) is 21.2. The van der Waals surface area contributed by atoms with Gasteiger partial charge in [-0.2, -0.15) is 0 Å². The van der Waals surface area contributed by atoms with Crippen LogP contribution in [0.25, 0.3) is 0 Å². The molecule has 0 spiro atoms. The van der Waals surface area contributed by atoms with Gasteiger partial charge in [-0.1, -0.05) is 18.2 Å². The fourth-order valence-corrected chi connectivity index (χ4v) is 3.92. The number of rotatable bonds is 6. The Kier molecular flexibility index (Phi) is 5.74. The summed E-state index contributed by atoms with van der Waals surface area (Å²) in [6.07, 6.45) is 0. The van der Waals surface area contributed by atoms with E-state index < -0.39 is 15.8 Å². The van der Waals surface area contributed by atoms with Gasteiger partial charge in [0.05, 0.1) is 17.1 Å². The maximum atomic E-state index is 13.8. The lowest BCUT2D eigenvalue weighted by Gasteiger charge is -2.18. The smallest absolute Gasteiger partial charge is 0.262 e. The topological polar surface area (TPSA) is 79.6 Å². The van der Waals surface area contributed by atoms with E-state index in [1.807, 2.05) is 6.92 Å². The summed E-state index contributed by atoms with van der Waals surface area (Å²) in [5, 5.41) is 0. The first-order valence-electron chi connectivity index (χ1n) is 8.86. The number of sulfonamides is 1. The van der Waals surface area contributed by atoms with E-state index in [-0.39, 0.29) is 28.6 Å². The number of nitrogens with zero attached hydrogens (tertiary/aromatic N) is 1. The number of furan rings is 1. The summed E-state index contributed by atoms with van der Waals surface area (Å²) < 4.78 is 46.9. The first-order chi connectivity index (χ1) is 13.7. The molecule has 29 heavy (non-hydrogen) atoms. The number of amides is 1. The number of para-hydroxylation sites is 1. The first-order valence-corrected chi connectivity index (χ1v) is 10.3. The zero-order valence-electron chi connectivity index (χ0n) is 16.3. The predicted molar refractivity (Wildman–Crippen MR) is 108 cm³/mol. The molecule has 3 rings (SSSR count). The maximum Gasteiger partial charge on any atom is 0.262 e. The molecule has 0 unspecified atom stereocenters. The molecule has 152 valence electrons. The molecule has 0 saturated heterocycles. The number of carbonyl (C=O) groups excluding carboxylic acids is 1. The Bertz CT molecular complexity index is 1150. The lowest BCUT2D eigenvalue weighted by atomic mass is 10.1. The van der Waals surface area contributed by atoms with Crippen molar-refractivity contribution in [1.29, 1.82) is 0 Å². The van der Waals surface area contributed by atoms with Crippen molar-refractivity contribution in [2.45, 2.75) is 25.3 Å². The third-order valence-corrected chi connectivity index (χ3v) is 5.77. The van der Waals surface area contributed by atoms with Gasteiger partial charge >= 0.3 is 0 Å². The second kappa shape index (κ2) is 8.08. The molecule has 1 amide bonds. The molecule has 0 atom stereocenters. The predicted octanol–water partition coefficient (Wildman–Crippen LogP) is 4.11. The summed E-state index contributed by atoms with van der Waals surface area (Å²) >= 11 is 0. The van der Waals surface area contributed by atoms with Crippen LogP contribution in [-0.4, -0.2) is 26.3 Å². The van der Waals surface area contributed by atoms with Crippen LogP contribution in [0.15, 0.2) is 63.9 Å². The minimum atomic E-state index is -4.07. The number of anilines is 1. The third kappa shape index (κ3) is 4.65. The SMILES string of the molecule is Cc1ccc(CN(C)C(=O)c2cc(S(=O)(=O)Nc3ccccc3F)ccc2C)o1. The van der Waals surface area contributed by atoms with Crippen LogP contribution in [0.4, 0.5) is 10.1 Å². The van der Waals surface area contributed by atoms with E-state index in [1.165, 1.54) is 35.2 Å². The van der Waals surface area contributed by atoms with E-state index in [4.69, 9.17) is 4.42 Å². The molecule has 0 fully saturated rings. The summed E-state index contributed by atoms with van der Waals surface area (Å²) in [6.45, 7) is 3.78. The van der Waals surface area contributed by atoms with Crippen molar-refractivity contribution >= 4 is 21.6 Å². The second-order valence-electron chi connectivity index (χ2n) is 6.74. The number of nitrogens with one attached hydrogen (secondary N) is 1. The fraction of sp³-hybridized carbons (Fsp3) is 0.190. The molecule has 1 N–H and O–H groups in total. The van der Waals surface area contributed by atoms with E-state index in [9.17, 15) is 17.6 Å². The van der Waals surface area contributed by atoms with Crippen LogP contribution >= 0.6 is 0 Å². The van der Waals surface area contributed by atoms with Gasteiger partial charge in [-0.05, 0) is 55.8 Å². The Balaban J connectivity index is 1.87. The maximum absolute atomic E-state index is 13.8. The van der Waals surface area contributed by atoms with Crippen LogP contribution in [0.5, 0.6) is 0 Å². The number of carbonyl (C=O) groups is 1. The quantitative estimate of drug-likeness (QED) is 0.656. The summed E-state index contributed by atoms with van der Waals surface area (Å²) in [5.41, 5.74) is 0.709. The van der Waals surface area contributed by atoms with Crippen LogP contribution in [0.1, 0.15) is 27.4 Å². The van der Waals surface area contributed by atoms with E-state index in [1.54, 1.807) is 32.2 Å². The number of aryl methyl sites for hydroxylation is 2. The van der Waals surface area contributed by atoms with Crippen LogP contribution < -0.4 is 4.72 Å². The van der Waals surface area contributed by atoms with Crippen LogP contribution in [0.3, 0.4) is 0 Å². The van der Waals surface area contributed by atoms with Gasteiger partial charge in [-0.15, -0.1) is 0 Å². The van der Waals surface area contributed by atoms with Crippen LogP contribution in [0.2, 0.25) is 0 Å². The van der Waals surface area contributed by atoms with E-state index in [0.717, 1.165) is 11.8 Å². The molecule has 0 aliphatic carbocycles. The van der Waals surface area contributed by atoms with Gasteiger partial charge in [0.2, 0.25) is 0 Å². The molecule has 1 heterocycles. The molecule has 0 bridgehead atoms. The summed E-state index contributed by atoms with van der Waals surface area (Å²) in [6, 6.07) is 13.3. The van der Waals surface area contributed by atoms with E-state index >= 15 is 0 Å². The summed E-state index contributed by atoms with van der Waals surface area (Å²) in [4.78, 5) is 14.2. The van der Waals surface area contributed by atoms with Gasteiger partial charge in [0, 0.05) is 12.6 Å². The molecule has 0 saturated carbocycles. The van der Waals surface area contributed by atoms with Gasteiger partial charge in [0.1, 0.15) is 17.3 Å². The number of halogens is 1. The van der Waals surface area contributed by atoms with Crippen molar-refractivity contribution in [3.63, 3.8) is 0 Å². The Hall–Kier alpha value is -3.13. The van der Waals surface area contributed by atoms with E-state index in [0.29, 0.717) is 11.3 Å². The Morgan fingerprint density at radius 2 is 1.83 bits per heavy atom. The highest BCUT2D eigenvalue weighted by Gasteiger charge is 2.21. The molecule has 3 aromatic rings. The average molecular weight is 416 g/mol. The molecular formula is C21H21FN2O4S. The van der Waals surface area contributed by atoms with Crippen LogP contribution in [0, 0.1) is 19.7 Å². The molecule has 2 aromatic carbocycles. The normalized spacial score (nSPS) is 11.3. The molecule has 0 radical (unpaired) electrons. The lowest BCUT2D eigenvalue weighted by Crippen LogP contribution is -2.27. The van der Waals surface area contributed by atoms with Crippen molar-refractivity contribution < 1.29 is 22.0 Å². The summed E-state index contributed by atoms with van der Waals surface area (Å²) in [7, 11) is -2.46. The average Bonchev–Trinajstić information content (AvgIpc) is 3.07. The number of hydrogen-bond donors (Lipinski definition) is 1. The van der Waals surface area contributed by atoms with Crippen molar-refractivity contribution in [2.75, 3.05) is 11.8 Å². The summed E-state index contributed by atoms with van der Waals surface area (Å²) in [5.74, 6) is 0.331. The third-order valence-electron chi connectivity index (χ3n) is 4.40. The highest BCUT2D eigenvalue weighted by atomic mass is 32.2. The Morgan fingerprint density at radius 3 is 2.48 bits per heavy atom. The highest BCUT2D eigenvalue weighted by molar-refractivity contribution is 7.92. The molecule has 6 nitrogen and oxygen atoms in total. The highest BCUT2D eigenvalue weighted by Crippen LogP contribution is 2.22. The second-order valence-corrected chi connectivity index (χ2v) is 8.42. The first kappa shape index (κ1) is 20.6. The zero-order valence-corrected chi connectivity index (χ0v) is 17.1. The van der Waals surface area contributed by atoms with Gasteiger partial charge in [0.15, 0.2) is 0 Å². The Morgan fingerprint density at radius 1 is 1.10 bits per heavy atom. The molecule has 0 aliphatic heterocycles. The largest absolute Gasteiger partial charge is 0.464 e. The minimum Gasteiger partial charge on any atom is -0.464 e. The van der Waals surface area contributed by atoms with Gasteiger partial charge in [0.25, 0.3) is 15.9 Å². The van der Waals surface area contributed by atoms with Crippen molar-refractivity contribution in [1.82, 2.24) is 4.90 Å². The monoisotopic (exact) mass is 416 g/mol. The molecular weight excluding hydrogens is 395 g/mol. The van der Waals surface area contributed by atoms with Gasteiger partial charge in [-0.25, -0.2) is 12.8 Å². The minimum absolute atomic E-state index is 0.128.